The molecule has 0 saturated carbocycles. The molecule has 15 heavy (non-hydrogen) atoms. The van der Waals surface area contributed by atoms with Gasteiger partial charge in [-0.25, -0.2) is 0 Å². The van der Waals surface area contributed by atoms with Gasteiger partial charge in [-0.15, -0.1) is 0 Å². The lowest BCUT2D eigenvalue weighted by molar-refractivity contribution is 0.614. The summed E-state index contributed by atoms with van der Waals surface area (Å²) in [4.78, 5) is 0. The van der Waals surface area contributed by atoms with Crippen molar-refractivity contribution in [1.29, 1.82) is 0 Å². The standard InChI is InChI=1S/C13H17NS/c1-2-9-3-4-12-10(7-9)11-8-15-6-5-13(11)14-12/h3-4,7,11,13-14H,2,5-6,8H2,1H3. The third kappa shape index (κ3) is 1.55. The Labute approximate surface area is 95.6 Å². The fraction of sp³-hybridized carbons (Fsp3) is 0.538. The summed E-state index contributed by atoms with van der Waals surface area (Å²) < 4.78 is 0. The van der Waals surface area contributed by atoms with Crippen LogP contribution in [0.2, 0.25) is 0 Å². The molecule has 1 saturated heterocycles. The molecule has 3 rings (SSSR count). The molecule has 0 aliphatic carbocycles. The molecule has 2 heterocycles. The fourth-order valence-electron chi connectivity index (χ4n) is 2.69. The van der Waals surface area contributed by atoms with Crippen LogP contribution in [0.3, 0.4) is 0 Å². The monoisotopic (exact) mass is 219 g/mol. The van der Waals surface area contributed by atoms with E-state index in [4.69, 9.17) is 0 Å². The Morgan fingerprint density at radius 3 is 3.27 bits per heavy atom. The van der Waals surface area contributed by atoms with Crippen molar-refractivity contribution in [3.8, 4) is 0 Å². The van der Waals surface area contributed by atoms with E-state index in [0.717, 1.165) is 12.3 Å². The van der Waals surface area contributed by atoms with Crippen molar-refractivity contribution in [3.63, 3.8) is 0 Å². The quantitative estimate of drug-likeness (QED) is 0.778. The van der Waals surface area contributed by atoms with Gasteiger partial charge >= 0.3 is 0 Å². The number of hydrogen-bond donors (Lipinski definition) is 1. The topological polar surface area (TPSA) is 12.0 Å². The van der Waals surface area contributed by atoms with Crippen LogP contribution in [0.1, 0.15) is 30.4 Å². The zero-order chi connectivity index (χ0) is 10.3. The first-order valence-corrected chi connectivity index (χ1v) is 7.01. The highest BCUT2D eigenvalue weighted by Gasteiger charge is 2.33. The van der Waals surface area contributed by atoms with Crippen molar-refractivity contribution in [2.24, 2.45) is 0 Å². The van der Waals surface area contributed by atoms with Gasteiger partial charge in [-0.1, -0.05) is 19.1 Å². The van der Waals surface area contributed by atoms with Crippen molar-refractivity contribution >= 4 is 17.4 Å². The molecule has 2 unspecified atom stereocenters. The van der Waals surface area contributed by atoms with Crippen LogP contribution in [0.4, 0.5) is 5.69 Å². The van der Waals surface area contributed by atoms with E-state index in [0.29, 0.717) is 6.04 Å². The average molecular weight is 219 g/mol. The summed E-state index contributed by atoms with van der Waals surface area (Å²) in [5, 5.41) is 3.67. The molecule has 0 bridgehead atoms. The van der Waals surface area contributed by atoms with Gasteiger partial charge in [0.2, 0.25) is 0 Å². The lowest BCUT2D eigenvalue weighted by Gasteiger charge is -2.25. The second kappa shape index (κ2) is 3.75. The average Bonchev–Trinajstić information content (AvgIpc) is 2.66. The number of benzene rings is 1. The molecule has 0 amide bonds. The normalized spacial score (nSPS) is 28.1. The Hall–Kier alpha value is -0.630. The number of rotatable bonds is 1. The second-order valence-corrected chi connectivity index (χ2v) is 5.65. The van der Waals surface area contributed by atoms with Gasteiger partial charge in [0.1, 0.15) is 0 Å². The first-order valence-electron chi connectivity index (χ1n) is 5.85. The Balaban J connectivity index is 1.98. The van der Waals surface area contributed by atoms with Crippen LogP contribution in [0.15, 0.2) is 18.2 Å². The second-order valence-electron chi connectivity index (χ2n) is 4.50. The van der Waals surface area contributed by atoms with E-state index in [1.165, 1.54) is 29.2 Å². The lowest BCUT2D eigenvalue weighted by Crippen LogP contribution is -2.26. The Morgan fingerprint density at radius 2 is 2.40 bits per heavy atom. The summed E-state index contributed by atoms with van der Waals surface area (Å²) in [7, 11) is 0. The molecule has 0 aromatic heterocycles. The summed E-state index contributed by atoms with van der Waals surface area (Å²) in [6.07, 6.45) is 2.48. The van der Waals surface area contributed by atoms with Crippen LogP contribution >= 0.6 is 11.8 Å². The van der Waals surface area contributed by atoms with Crippen LogP contribution in [-0.2, 0) is 6.42 Å². The minimum absolute atomic E-state index is 0.716. The van der Waals surface area contributed by atoms with E-state index in [9.17, 15) is 0 Å². The number of nitrogens with one attached hydrogen (secondary N) is 1. The van der Waals surface area contributed by atoms with Crippen molar-refractivity contribution in [3.05, 3.63) is 29.3 Å². The van der Waals surface area contributed by atoms with E-state index in [2.05, 4.69) is 42.2 Å². The van der Waals surface area contributed by atoms with E-state index in [-0.39, 0.29) is 0 Å². The van der Waals surface area contributed by atoms with Gasteiger partial charge in [0.25, 0.3) is 0 Å². The van der Waals surface area contributed by atoms with Crippen LogP contribution in [-0.4, -0.2) is 17.5 Å². The predicted molar refractivity (Wildman–Crippen MR) is 67.9 cm³/mol. The van der Waals surface area contributed by atoms with Crippen LogP contribution in [0, 0.1) is 0 Å². The molecule has 1 aromatic carbocycles. The molecule has 2 atom stereocenters. The van der Waals surface area contributed by atoms with E-state index < -0.39 is 0 Å². The molecule has 0 radical (unpaired) electrons. The van der Waals surface area contributed by atoms with Crippen LogP contribution < -0.4 is 5.32 Å². The van der Waals surface area contributed by atoms with Gasteiger partial charge < -0.3 is 5.32 Å². The summed E-state index contributed by atoms with van der Waals surface area (Å²) in [5.74, 6) is 3.39. The molecule has 1 fully saturated rings. The third-order valence-electron chi connectivity index (χ3n) is 3.62. The minimum Gasteiger partial charge on any atom is -0.381 e. The maximum absolute atomic E-state index is 3.67. The Bertz CT molecular complexity index is 375. The van der Waals surface area contributed by atoms with Crippen molar-refractivity contribution in [2.45, 2.75) is 31.7 Å². The smallest absolute Gasteiger partial charge is 0.0379 e. The first kappa shape index (κ1) is 9.59. The van der Waals surface area contributed by atoms with E-state index >= 15 is 0 Å². The number of thioether (sulfide) groups is 1. The van der Waals surface area contributed by atoms with Crippen molar-refractivity contribution in [2.75, 3.05) is 16.8 Å². The Morgan fingerprint density at radius 1 is 1.47 bits per heavy atom. The van der Waals surface area contributed by atoms with Gasteiger partial charge in [-0.05, 0) is 35.8 Å². The maximum atomic E-state index is 3.67. The molecule has 1 nitrogen and oxygen atoms in total. The highest BCUT2D eigenvalue weighted by Crippen LogP contribution is 2.42. The van der Waals surface area contributed by atoms with E-state index in [1.54, 1.807) is 5.56 Å². The molecule has 2 aliphatic rings. The maximum Gasteiger partial charge on any atom is 0.0379 e. The molecular weight excluding hydrogens is 202 g/mol. The number of anilines is 1. The lowest BCUT2D eigenvalue weighted by atomic mass is 9.93. The summed E-state index contributed by atoms with van der Waals surface area (Å²) in [6, 6.07) is 7.67. The largest absolute Gasteiger partial charge is 0.381 e. The summed E-state index contributed by atoms with van der Waals surface area (Å²) in [6.45, 7) is 2.23. The van der Waals surface area contributed by atoms with Gasteiger partial charge in [0.05, 0.1) is 0 Å². The molecule has 0 spiro atoms. The van der Waals surface area contributed by atoms with E-state index in [1.807, 2.05) is 0 Å². The first-order chi connectivity index (χ1) is 7.38. The molecule has 1 N–H and O–H groups in total. The predicted octanol–water partition coefficient (Wildman–Crippen LogP) is 3.26. The fourth-order valence-corrected chi connectivity index (χ4v) is 3.94. The summed E-state index contributed by atoms with van der Waals surface area (Å²) in [5.41, 5.74) is 4.45. The van der Waals surface area contributed by atoms with Crippen molar-refractivity contribution in [1.82, 2.24) is 0 Å². The molecule has 1 aromatic rings. The minimum atomic E-state index is 0.716. The summed E-state index contributed by atoms with van der Waals surface area (Å²) >= 11 is 2.11. The highest BCUT2D eigenvalue weighted by atomic mass is 32.2. The molecule has 80 valence electrons. The number of hydrogen-bond acceptors (Lipinski definition) is 2. The van der Waals surface area contributed by atoms with Gasteiger partial charge in [0, 0.05) is 23.4 Å². The zero-order valence-electron chi connectivity index (χ0n) is 9.12. The van der Waals surface area contributed by atoms with Crippen molar-refractivity contribution < 1.29 is 0 Å². The van der Waals surface area contributed by atoms with Gasteiger partial charge in [-0.2, -0.15) is 11.8 Å². The zero-order valence-corrected chi connectivity index (χ0v) is 9.94. The number of aryl methyl sites for hydroxylation is 1. The Kier molecular flexibility index (Phi) is 2.39. The number of fused-ring (bicyclic) bond motifs is 3. The van der Waals surface area contributed by atoms with Crippen LogP contribution in [0.5, 0.6) is 0 Å². The van der Waals surface area contributed by atoms with Gasteiger partial charge in [0.15, 0.2) is 0 Å². The van der Waals surface area contributed by atoms with Gasteiger partial charge in [-0.3, -0.25) is 0 Å². The highest BCUT2D eigenvalue weighted by molar-refractivity contribution is 7.99. The third-order valence-corrected chi connectivity index (χ3v) is 4.74. The SMILES string of the molecule is CCc1ccc2c(c1)C1CSCCC1N2. The van der Waals surface area contributed by atoms with Crippen LogP contribution in [0.25, 0.3) is 0 Å². The molecule has 2 heteroatoms. The molecule has 2 aliphatic heterocycles. The molecular formula is C13H17NS.